The summed E-state index contributed by atoms with van der Waals surface area (Å²) in [5, 5.41) is 14.5. The lowest BCUT2D eigenvalue weighted by molar-refractivity contribution is -0.131. The van der Waals surface area contributed by atoms with Gasteiger partial charge in [-0.1, -0.05) is 43.7 Å². The van der Waals surface area contributed by atoms with E-state index < -0.39 is 0 Å². The number of amides is 2. The summed E-state index contributed by atoms with van der Waals surface area (Å²) in [5.74, 6) is 0.339. The lowest BCUT2D eigenvalue weighted by Gasteiger charge is -2.27. The minimum atomic E-state index is -0.309. The van der Waals surface area contributed by atoms with Gasteiger partial charge < -0.3 is 21.3 Å². The van der Waals surface area contributed by atoms with Crippen LogP contribution in [0, 0.1) is 6.92 Å². The fourth-order valence-corrected chi connectivity index (χ4v) is 4.25. The van der Waals surface area contributed by atoms with E-state index in [1.54, 1.807) is 4.68 Å². The van der Waals surface area contributed by atoms with E-state index in [9.17, 15) is 9.59 Å². The molecule has 1 aromatic rings. The first-order chi connectivity index (χ1) is 16.1. The normalized spacial score (nSPS) is 14.9. The topological polar surface area (TPSA) is 118 Å². The summed E-state index contributed by atoms with van der Waals surface area (Å²) < 4.78 is 1.68. The molecule has 0 aliphatic carbocycles. The van der Waals surface area contributed by atoms with Gasteiger partial charge in [-0.05, 0) is 45.6 Å². The number of unbranched alkanes of at least 4 members (excludes halogenated alkanes) is 8. The second kappa shape index (κ2) is 16.6. The molecule has 1 atom stereocenters. The highest BCUT2D eigenvalue weighted by atomic mass is 16.2. The van der Waals surface area contributed by atoms with Crippen LogP contribution in [0.15, 0.2) is 6.20 Å². The Morgan fingerprint density at radius 3 is 2.33 bits per heavy atom. The number of aryl methyl sites for hydroxylation is 1. The molecular weight excluding hydrogens is 418 g/mol. The van der Waals surface area contributed by atoms with Crippen LogP contribution in [0.3, 0.4) is 0 Å². The number of hydrogen-bond acceptors (Lipinski definition) is 6. The van der Waals surface area contributed by atoms with E-state index >= 15 is 0 Å². The van der Waals surface area contributed by atoms with Crippen molar-refractivity contribution in [3.63, 3.8) is 0 Å². The van der Waals surface area contributed by atoms with Gasteiger partial charge in [0.2, 0.25) is 11.8 Å². The largest absolute Gasteiger partial charge is 0.354 e. The molecule has 0 radical (unpaired) electrons. The fraction of sp³-hybridized carbons (Fsp3) is 0.833. The number of carbonyl (C=O) groups excluding carboxylic acids is 2. The lowest BCUT2D eigenvalue weighted by atomic mass is 10.1. The molecule has 33 heavy (non-hydrogen) atoms. The van der Waals surface area contributed by atoms with Crippen molar-refractivity contribution >= 4 is 11.8 Å². The molecule has 0 unspecified atom stereocenters. The van der Waals surface area contributed by atoms with Gasteiger partial charge in [-0.3, -0.25) is 9.59 Å². The lowest BCUT2D eigenvalue weighted by Crippen LogP contribution is -2.46. The van der Waals surface area contributed by atoms with Gasteiger partial charge >= 0.3 is 0 Å². The SMILES string of the molecule is Cc1cn([C@@H](CCCCN)C(=O)NCCCCCCCCCCC(=O)N2CCNCC2)nn1. The quantitative estimate of drug-likeness (QED) is 0.305. The maximum atomic E-state index is 12.7. The Balaban J connectivity index is 1.47. The van der Waals surface area contributed by atoms with Crippen LogP contribution in [-0.4, -0.2) is 71.0 Å². The molecule has 2 amide bonds. The van der Waals surface area contributed by atoms with Crippen LogP contribution < -0.4 is 16.4 Å². The molecule has 9 nitrogen and oxygen atoms in total. The maximum absolute atomic E-state index is 12.7. The van der Waals surface area contributed by atoms with E-state index in [-0.39, 0.29) is 11.9 Å². The fourth-order valence-electron chi connectivity index (χ4n) is 4.25. The summed E-state index contributed by atoms with van der Waals surface area (Å²) in [6.45, 7) is 6.78. The standard InChI is InChI=1S/C24H45N7O2/c1-21-20-31(29-28-21)22(12-9-10-14-25)24(33)27-15-11-7-5-3-2-4-6-8-13-23(32)30-18-16-26-17-19-30/h20,22,26H,2-19,25H2,1H3,(H,27,33)/t22-/m0/s1. The number of carbonyl (C=O) groups is 2. The molecule has 2 rings (SSSR count). The van der Waals surface area contributed by atoms with E-state index in [1.807, 2.05) is 18.0 Å². The van der Waals surface area contributed by atoms with Crippen LogP contribution in [0.1, 0.15) is 88.8 Å². The van der Waals surface area contributed by atoms with Gasteiger partial charge in [0, 0.05) is 45.3 Å². The highest BCUT2D eigenvalue weighted by Gasteiger charge is 2.21. The molecule has 9 heteroatoms. The van der Waals surface area contributed by atoms with E-state index in [0.717, 1.165) is 76.8 Å². The first kappa shape index (κ1) is 27.2. The summed E-state index contributed by atoms with van der Waals surface area (Å²) in [5.41, 5.74) is 6.41. The van der Waals surface area contributed by atoms with Crippen molar-refractivity contribution in [3.05, 3.63) is 11.9 Å². The maximum Gasteiger partial charge on any atom is 0.244 e. The van der Waals surface area contributed by atoms with Crippen LogP contribution in [-0.2, 0) is 9.59 Å². The van der Waals surface area contributed by atoms with Gasteiger partial charge in [0.1, 0.15) is 6.04 Å². The number of aromatic nitrogens is 3. The predicted molar refractivity (Wildman–Crippen MR) is 131 cm³/mol. The van der Waals surface area contributed by atoms with E-state index in [0.29, 0.717) is 25.4 Å². The molecule has 0 saturated carbocycles. The van der Waals surface area contributed by atoms with Gasteiger partial charge in [0.05, 0.1) is 5.69 Å². The van der Waals surface area contributed by atoms with Crippen molar-refractivity contribution in [1.29, 1.82) is 0 Å². The monoisotopic (exact) mass is 463 g/mol. The smallest absolute Gasteiger partial charge is 0.244 e. The molecule has 188 valence electrons. The summed E-state index contributed by atoms with van der Waals surface area (Å²) >= 11 is 0. The number of nitrogens with two attached hydrogens (primary N) is 1. The molecular formula is C24H45N7O2. The zero-order chi connectivity index (χ0) is 23.7. The van der Waals surface area contributed by atoms with Gasteiger partial charge in [0.15, 0.2) is 0 Å². The Morgan fingerprint density at radius 1 is 1.03 bits per heavy atom. The van der Waals surface area contributed by atoms with Crippen LogP contribution in [0.5, 0.6) is 0 Å². The van der Waals surface area contributed by atoms with Crippen LogP contribution in [0.25, 0.3) is 0 Å². The van der Waals surface area contributed by atoms with Crippen molar-refractivity contribution < 1.29 is 9.59 Å². The van der Waals surface area contributed by atoms with Gasteiger partial charge in [-0.25, -0.2) is 4.68 Å². The number of piperazine rings is 1. The Kier molecular flexibility index (Phi) is 13.7. The Bertz CT molecular complexity index is 674. The molecule has 1 fully saturated rings. The Morgan fingerprint density at radius 2 is 1.70 bits per heavy atom. The van der Waals surface area contributed by atoms with Crippen molar-refractivity contribution in [2.24, 2.45) is 5.73 Å². The molecule has 0 aromatic carbocycles. The van der Waals surface area contributed by atoms with Crippen molar-refractivity contribution in [3.8, 4) is 0 Å². The average Bonchev–Trinajstić information content (AvgIpc) is 3.26. The van der Waals surface area contributed by atoms with E-state index in [4.69, 9.17) is 5.73 Å². The number of nitrogens with one attached hydrogen (secondary N) is 2. The van der Waals surface area contributed by atoms with Crippen LogP contribution >= 0.6 is 0 Å². The second-order valence-electron chi connectivity index (χ2n) is 9.14. The summed E-state index contributed by atoms with van der Waals surface area (Å²) in [4.78, 5) is 26.8. The summed E-state index contributed by atoms with van der Waals surface area (Å²) in [6.07, 6.45) is 14.2. The number of rotatable bonds is 17. The van der Waals surface area contributed by atoms with Crippen molar-refractivity contribution in [1.82, 2.24) is 30.5 Å². The minimum absolute atomic E-state index is 0.0206. The van der Waals surface area contributed by atoms with Crippen molar-refractivity contribution in [2.75, 3.05) is 39.3 Å². The predicted octanol–water partition coefficient (Wildman–Crippen LogP) is 2.32. The first-order valence-corrected chi connectivity index (χ1v) is 13.0. The molecule has 2 heterocycles. The van der Waals surface area contributed by atoms with E-state index in [2.05, 4.69) is 20.9 Å². The molecule has 1 aliphatic heterocycles. The van der Waals surface area contributed by atoms with Gasteiger partial charge in [-0.2, -0.15) is 0 Å². The van der Waals surface area contributed by atoms with E-state index in [1.165, 1.54) is 25.7 Å². The summed E-state index contributed by atoms with van der Waals surface area (Å²) in [6, 6.07) is -0.309. The first-order valence-electron chi connectivity index (χ1n) is 13.0. The molecule has 0 bridgehead atoms. The zero-order valence-corrected chi connectivity index (χ0v) is 20.6. The summed E-state index contributed by atoms with van der Waals surface area (Å²) in [7, 11) is 0. The third-order valence-corrected chi connectivity index (χ3v) is 6.26. The van der Waals surface area contributed by atoms with Crippen LogP contribution in [0.2, 0.25) is 0 Å². The third kappa shape index (κ3) is 11.1. The minimum Gasteiger partial charge on any atom is -0.354 e. The van der Waals surface area contributed by atoms with Gasteiger partial charge in [0.25, 0.3) is 0 Å². The number of nitrogens with zero attached hydrogens (tertiary/aromatic N) is 4. The van der Waals surface area contributed by atoms with Crippen LogP contribution in [0.4, 0.5) is 0 Å². The highest BCUT2D eigenvalue weighted by molar-refractivity contribution is 5.80. The molecule has 1 aromatic heterocycles. The third-order valence-electron chi connectivity index (χ3n) is 6.26. The Hall–Kier alpha value is -2.00. The molecule has 4 N–H and O–H groups in total. The number of hydrogen-bond donors (Lipinski definition) is 3. The zero-order valence-electron chi connectivity index (χ0n) is 20.6. The highest BCUT2D eigenvalue weighted by Crippen LogP contribution is 2.15. The van der Waals surface area contributed by atoms with Crippen molar-refractivity contribution in [2.45, 2.75) is 90.0 Å². The Labute approximate surface area is 199 Å². The van der Waals surface area contributed by atoms with Gasteiger partial charge in [-0.15, -0.1) is 5.10 Å². The molecule has 1 aliphatic rings. The molecule has 1 saturated heterocycles. The molecule has 0 spiro atoms. The average molecular weight is 464 g/mol. The second-order valence-corrected chi connectivity index (χ2v) is 9.14.